The molecule has 2 rings (SSSR count). The number of rotatable bonds is 5. The maximum Gasteiger partial charge on any atom is 0.290 e. The Kier molecular flexibility index (Phi) is 4.35. The number of likely N-dealkylation sites (N-methyl/N-ethyl adjacent to an activating group) is 1. The van der Waals surface area contributed by atoms with Crippen LogP contribution < -0.4 is 10.6 Å². The summed E-state index contributed by atoms with van der Waals surface area (Å²) in [5, 5.41) is 0. The van der Waals surface area contributed by atoms with Crippen LogP contribution in [-0.2, 0) is 12.5 Å². The lowest BCUT2D eigenvalue weighted by molar-refractivity contribution is 0.00499. The molecule has 0 saturated carbocycles. The van der Waals surface area contributed by atoms with Gasteiger partial charge in [0, 0.05) is 24.8 Å². The quantitative estimate of drug-likeness (QED) is 0.907. The molecule has 0 aliphatic rings. The lowest BCUT2D eigenvalue weighted by atomic mass is 10.1. The molecule has 0 bridgehead atoms. The van der Waals surface area contributed by atoms with Gasteiger partial charge in [-0.2, -0.15) is 8.78 Å². The summed E-state index contributed by atoms with van der Waals surface area (Å²) in [6.07, 6.45) is 0. The van der Waals surface area contributed by atoms with E-state index in [0.717, 1.165) is 11.3 Å². The number of nitrogens with zero attached hydrogens (tertiary/aromatic N) is 1. The van der Waals surface area contributed by atoms with Crippen molar-refractivity contribution < 1.29 is 8.78 Å². The first-order valence-electron chi connectivity index (χ1n) is 6.46. The molecule has 0 unspecified atom stereocenters. The van der Waals surface area contributed by atoms with Crippen molar-refractivity contribution in [2.45, 2.75) is 12.5 Å². The highest BCUT2D eigenvalue weighted by Gasteiger charge is 2.32. The number of nitrogens with two attached hydrogens (primary N) is 1. The van der Waals surface area contributed by atoms with E-state index in [0.29, 0.717) is 6.54 Å². The first kappa shape index (κ1) is 14.5. The fourth-order valence-corrected chi connectivity index (χ4v) is 2.08. The van der Waals surface area contributed by atoms with Crippen LogP contribution in [0.3, 0.4) is 0 Å². The zero-order valence-corrected chi connectivity index (χ0v) is 11.4. The van der Waals surface area contributed by atoms with Gasteiger partial charge in [0.25, 0.3) is 5.92 Å². The van der Waals surface area contributed by atoms with Gasteiger partial charge in [-0.3, -0.25) is 0 Å². The topological polar surface area (TPSA) is 29.3 Å². The molecule has 0 amide bonds. The van der Waals surface area contributed by atoms with Crippen LogP contribution in [0.15, 0.2) is 54.6 Å². The first-order valence-corrected chi connectivity index (χ1v) is 6.46. The largest absolute Gasteiger partial charge is 0.368 e. The summed E-state index contributed by atoms with van der Waals surface area (Å²) in [4.78, 5) is 1.55. The highest BCUT2D eigenvalue weighted by Crippen LogP contribution is 2.30. The third kappa shape index (κ3) is 3.33. The van der Waals surface area contributed by atoms with E-state index in [1.807, 2.05) is 18.2 Å². The fourth-order valence-electron chi connectivity index (χ4n) is 2.08. The molecule has 0 aliphatic carbocycles. The molecule has 2 aromatic carbocycles. The van der Waals surface area contributed by atoms with Gasteiger partial charge in [0.15, 0.2) is 0 Å². The van der Waals surface area contributed by atoms with Crippen LogP contribution in [0, 0.1) is 0 Å². The number of hydrogen-bond acceptors (Lipinski definition) is 2. The van der Waals surface area contributed by atoms with Crippen LogP contribution in [-0.4, -0.2) is 13.6 Å². The second-order valence-electron chi connectivity index (χ2n) is 4.80. The van der Waals surface area contributed by atoms with Gasteiger partial charge in [0.05, 0.1) is 6.54 Å². The lowest BCUT2D eigenvalue weighted by Gasteiger charge is -2.26. The fraction of sp³-hybridized carbons (Fsp3) is 0.250. The molecule has 0 spiro atoms. The van der Waals surface area contributed by atoms with Crippen molar-refractivity contribution in [2.24, 2.45) is 5.73 Å². The zero-order chi connectivity index (χ0) is 14.6. The average Bonchev–Trinajstić information content (AvgIpc) is 2.48. The van der Waals surface area contributed by atoms with E-state index in [-0.39, 0.29) is 12.1 Å². The summed E-state index contributed by atoms with van der Waals surface area (Å²) in [5.41, 5.74) is 7.27. The molecular formula is C16H18F2N2. The van der Waals surface area contributed by atoms with Crippen LogP contribution in [0.5, 0.6) is 0 Å². The molecule has 0 atom stereocenters. The van der Waals surface area contributed by atoms with Gasteiger partial charge in [-0.1, -0.05) is 42.5 Å². The van der Waals surface area contributed by atoms with Crippen molar-refractivity contribution in [1.82, 2.24) is 0 Å². The zero-order valence-electron chi connectivity index (χ0n) is 11.4. The minimum absolute atomic E-state index is 0.0295. The third-order valence-corrected chi connectivity index (χ3v) is 3.22. The lowest BCUT2D eigenvalue weighted by Crippen LogP contribution is -2.32. The normalized spacial score (nSPS) is 11.4. The van der Waals surface area contributed by atoms with Crippen molar-refractivity contribution in [3.05, 3.63) is 65.7 Å². The van der Waals surface area contributed by atoms with Crippen molar-refractivity contribution in [1.29, 1.82) is 0 Å². The summed E-state index contributed by atoms with van der Waals surface area (Å²) in [6, 6.07) is 15.2. The van der Waals surface area contributed by atoms with E-state index in [1.165, 1.54) is 12.1 Å². The van der Waals surface area contributed by atoms with Crippen molar-refractivity contribution in [2.75, 3.05) is 18.5 Å². The number of benzene rings is 2. The maximum absolute atomic E-state index is 14.2. The molecule has 4 heteroatoms. The van der Waals surface area contributed by atoms with Gasteiger partial charge in [-0.05, 0) is 17.7 Å². The van der Waals surface area contributed by atoms with Crippen molar-refractivity contribution in [3.8, 4) is 0 Å². The van der Waals surface area contributed by atoms with Gasteiger partial charge < -0.3 is 10.6 Å². The van der Waals surface area contributed by atoms with E-state index in [4.69, 9.17) is 5.73 Å². The molecule has 0 radical (unpaired) electrons. The molecule has 0 fully saturated rings. The minimum atomic E-state index is -2.89. The average molecular weight is 276 g/mol. The Labute approximate surface area is 117 Å². The van der Waals surface area contributed by atoms with Gasteiger partial charge in [0.2, 0.25) is 0 Å². The van der Waals surface area contributed by atoms with Gasteiger partial charge in [-0.15, -0.1) is 0 Å². The van der Waals surface area contributed by atoms with Gasteiger partial charge >= 0.3 is 0 Å². The Balaban J connectivity index is 2.16. The monoisotopic (exact) mass is 276 g/mol. The first-order chi connectivity index (χ1) is 9.53. The molecule has 2 aromatic rings. The highest BCUT2D eigenvalue weighted by molar-refractivity contribution is 5.48. The summed E-state index contributed by atoms with van der Waals surface area (Å²) >= 11 is 0. The molecular weight excluding hydrogens is 258 g/mol. The number of alkyl halides is 2. The van der Waals surface area contributed by atoms with E-state index in [1.54, 1.807) is 36.2 Å². The van der Waals surface area contributed by atoms with Gasteiger partial charge in [0.1, 0.15) is 0 Å². The molecule has 20 heavy (non-hydrogen) atoms. The Morgan fingerprint density at radius 1 is 1.05 bits per heavy atom. The molecule has 2 N–H and O–H groups in total. The number of hydrogen-bond donors (Lipinski definition) is 1. The molecule has 0 aliphatic heterocycles. The second-order valence-corrected chi connectivity index (χ2v) is 4.80. The van der Waals surface area contributed by atoms with Crippen molar-refractivity contribution in [3.63, 3.8) is 0 Å². The maximum atomic E-state index is 14.2. The van der Waals surface area contributed by atoms with E-state index >= 15 is 0 Å². The molecule has 2 nitrogen and oxygen atoms in total. The van der Waals surface area contributed by atoms with Crippen LogP contribution in [0.25, 0.3) is 0 Å². The summed E-state index contributed by atoms with van der Waals surface area (Å²) in [7, 11) is 1.66. The Hall–Kier alpha value is -1.94. The predicted molar refractivity (Wildman–Crippen MR) is 77.9 cm³/mol. The molecule has 0 saturated heterocycles. The van der Waals surface area contributed by atoms with Crippen LogP contribution in [0.1, 0.15) is 11.1 Å². The number of halogens is 2. The SMILES string of the molecule is CN(CC(F)(F)c1ccccc1)c1cccc(CN)c1. The van der Waals surface area contributed by atoms with E-state index < -0.39 is 5.92 Å². The van der Waals surface area contributed by atoms with Crippen LogP contribution >= 0.6 is 0 Å². The Bertz CT molecular complexity index is 555. The summed E-state index contributed by atoms with van der Waals surface area (Å²) in [5.74, 6) is -2.89. The molecule has 0 heterocycles. The Morgan fingerprint density at radius 2 is 1.75 bits per heavy atom. The highest BCUT2D eigenvalue weighted by atomic mass is 19.3. The third-order valence-electron chi connectivity index (χ3n) is 3.22. The summed E-state index contributed by atoms with van der Waals surface area (Å²) < 4.78 is 28.4. The smallest absolute Gasteiger partial charge is 0.290 e. The standard InChI is InChI=1S/C16H18F2N2/c1-20(15-9-5-6-13(10-15)11-19)12-16(17,18)14-7-3-2-4-8-14/h2-10H,11-12,19H2,1H3. The second kappa shape index (κ2) is 6.01. The predicted octanol–water partition coefficient (Wildman–Crippen LogP) is 3.37. The van der Waals surface area contributed by atoms with E-state index in [2.05, 4.69) is 0 Å². The number of anilines is 1. The van der Waals surface area contributed by atoms with Crippen molar-refractivity contribution >= 4 is 5.69 Å². The Morgan fingerprint density at radius 3 is 2.40 bits per heavy atom. The van der Waals surface area contributed by atoms with Crippen LogP contribution in [0.4, 0.5) is 14.5 Å². The van der Waals surface area contributed by atoms with E-state index in [9.17, 15) is 8.78 Å². The van der Waals surface area contributed by atoms with Crippen LogP contribution in [0.2, 0.25) is 0 Å². The molecule has 0 aromatic heterocycles. The minimum Gasteiger partial charge on any atom is -0.368 e. The van der Waals surface area contributed by atoms with Gasteiger partial charge in [-0.25, -0.2) is 0 Å². The summed E-state index contributed by atoms with van der Waals surface area (Å²) in [6.45, 7) is 0.0296. The molecule has 106 valence electrons.